The molecule has 0 aliphatic carbocycles. The van der Waals surface area contributed by atoms with Crippen LogP contribution in [0.2, 0.25) is 10.0 Å². The van der Waals surface area contributed by atoms with E-state index < -0.39 is 28.5 Å². The maximum absolute atomic E-state index is 14.1. The summed E-state index contributed by atoms with van der Waals surface area (Å²) < 4.78 is 37.7. The lowest BCUT2D eigenvalue weighted by Gasteiger charge is -2.34. The Morgan fingerprint density at radius 3 is 2.27 bits per heavy atom. The van der Waals surface area contributed by atoms with Gasteiger partial charge in [0.15, 0.2) is 0 Å². The van der Waals surface area contributed by atoms with Gasteiger partial charge in [0.05, 0.1) is 26.2 Å². The Kier molecular flexibility index (Phi) is 11.3. The Balaban J connectivity index is 2.12. The number of hydrogen-bond acceptors (Lipinski definition) is 6. The SMILES string of the molecule is CCNC(=O)[C@H](Cc1ccccc1)N(Cc1ccc(Cl)cc1Cl)C(=O)CN(c1cc(OC)ccc1OC)S(C)(=O)=O. The second kappa shape index (κ2) is 14.4. The van der Waals surface area contributed by atoms with Gasteiger partial charge >= 0.3 is 0 Å². The zero-order chi connectivity index (χ0) is 30.2. The van der Waals surface area contributed by atoms with Gasteiger partial charge in [-0.05, 0) is 42.3 Å². The number of anilines is 1. The number of carbonyl (C=O) groups excluding carboxylic acids is 2. The first-order valence-corrected chi connectivity index (χ1v) is 15.3. The van der Waals surface area contributed by atoms with E-state index in [0.29, 0.717) is 27.9 Å². The van der Waals surface area contributed by atoms with E-state index in [1.165, 1.54) is 25.2 Å². The maximum Gasteiger partial charge on any atom is 0.244 e. The third kappa shape index (κ3) is 8.51. The average molecular weight is 623 g/mol. The topological polar surface area (TPSA) is 105 Å². The highest BCUT2D eigenvalue weighted by atomic mass is 35.5. The molecule has 1 atom stereocenters. The fourth-order valence-electron chi connectivity index (χ4n) is 4.27. The fraction of sp³-hybridized carbons (Fsp3) is 0.310. The van der Waals surface area contributed by atoms with E-state index in [-0.39, 0.29) is 30.3 Å². The van der Waals surface area contributed by atoms with Crippen molar-refractivity contribution >= 4 is 50.7 Å². The van der Waals surface area contributed by atoms with E-state index in [0.717, 1.165) is 16.1 Å². The molecule has 1 N–H and O–H groups in total. The van der Waals surface area contributed by atoms with Gasteiger partial charge in [0.2, 0.25) is 21.8 Å². The number of likely N-dealkylation sites (N-methyl/N-ethyl adjacent to an activating group) is 1. The van der Waals surface area contributed by atoms with Crippen LogP contribution in [0.4, 0.5) is 5.69 Å². The van der Waals surface area contributed by atoms with Crippen LogP contribution in [0, 0.1) is 0 Å². The molecule has 3 aromatic rings. The molecule has 0 radical (unpaired) electrons. The fourth-order valence-corrected chi connectivity index (χ4v) is 5.58. The first kappa shape index (κ1) is 32.0. The number of benzene rings is 3. The van der Waals surface area contributed by atoms with Crippen molar-refractivity contribution in [3.63, 3.8) is 0 Å². The summed E-state index contributed by atoms with van der Waals surface area (Å²) in [6, 6.07) is 17.7. The molecule has 0 saturated heterocycles. The number of nitrogens with one attached hydrogen (secondary N) is 1. The summed E-state index contributed by atoms with van der Waals surface area (Å²) in [5.41, 5.74) is 1.47. The number of halogens is 2. The second-order valence-electron chi connectivity index (χ2n) is 9.16. The molecule has 9 nitrogen and oxygen atoms in total. The van der Waals surface area contributed by atoms with Gasteiger partial charge in [-0.1, -0.05) is 59.6 Å². The molecule has 0 spiro atoms. The third-order valence-corrected chi connectivity index (χ3v) is 8.03. The van der Waals surface area contributed by atoms with Crippen molar-refractivity contribution < 1.29 is 27.5 Å². The standard InChI is InChI=1S/C29H33Cl2N3O6S/c1-5-32-29(36)26(15-20-9-7-6-8-10-20)33(18-21-11-12-22(30)16-24(21)31)28(35)19-34(41(4,37)38)25-17-23(39-2)13-14-27(25)40-3/h6-14,16-17,26H,5,15,18-19H2,1-4H3,(H,32,36)/t26-/m0/s1. The van der Waals surface area contributed by atoms with Crippen LogP contribution in [0.1, 0.15) is 18.1 Å². The number of ether oxygens (including phenoxy) is 2. The summed E-state index contributed by atoms with van der Waals surface area (Å²) in [5, 5.41) is 3.52. The number of methoxy groups -OCH3 is 2. The maximum atomic E-state index is 14.1. The van der Waals surface area contributed by atoms with Gasteiger partial charge in [-0.2, -0.15) is 0 Å². The van der Waals surface area contributed by atoms with E-state index in [2.05, 4.69) is 5.32 Å². The Bertz CT molecular complexity index is 1470. The van der Waals surface area contributed by atoms with Crippen molar-refractivity contribution in [1.82, 2.24) is 10.2 Å². The minimum atomic E-state index is -4.00. The third-order valence-electron chi connectivity index (χ3n) is 6.31. The minimum Gasteiger partial charge on any atom is -0.497 e. The molecule has 0 aliphatic rings. The first-order valence-electron chi connectivity index (χ1n) is 12.7. The largest absolute Gasteiger partial charge is 0.497 e. The van der Waals surface area contributed by atoms with Crippen molar-refractivity contribution in [3.8, 4) is 11.5 Å². The number of sulfonamides is 1. The summed E-state index contributed by atoms with van der Waals surface area (Å²) in [7, 11) is -1.16. The molecule has 3 rings (SSSR count). The van der Waals surface area contributed by atoms with E-state index >= 15 is 0 Å². The Morgan fingerprint density at radius 1 is 0.976 bits per heavy atom. The van der Waals surface area contributed by atoms with E-state index in [1.54, 1.807) is 37.3 Å². The molecule has 41 heavy (non-hydrogen) atoms. The van der Waals surface area contributed by atoms with Gasteiger partial charge in [0.25, 0.3) is 0 Å². The molecular formula is C29H33Cl2N3O6S. The summed E-state index contributed by atoms with van der Waals surface area (Å²) >= 11 is 12.6. The Labute approximate surface area is 251 Å². The minimum absolute atomic E-state index is 0.0731. The van der Waals surface area contributed by atoms with Crippen LogP contribution >= 0.6 is 23.2 Å². The lowest BCUT2D eigenvalue weighted by atomic mass is 10.0. The number of nitrogens with zero attached hydrogens (tertiary/aromatic N) is 2. The summed E-state index contributed by atoms with van der Waals surface area (Å²) in [5.74, 6) is -0.421. The molecule has 0 aromatic heterocycles. The average Bonchev–Trinajstić information content (AvgIpc) is 2.94. The zero-order valence-corrected chi connectivity index (χ0v) is 25.6. The quantitative estimate of drug-likeness (QED) is 0.300. The molecule has 2 amide bonds. The van der Waals surface area contributed by atoms with Gasteiger partial charge in [-0.15, -0.1) is 0 Å². The lowest BCUT2D eigenvalue weighted by molar-refractivity contribution is -0.140. The monoisotopic (exact) mass is 621 g/mol. The number of carbonyl (C=O) groups is 2. The number of rotatable bonds is 13. The van der Waals surface area contributed by atoms with Crippen molar-refractivity contribution in [3.05, 3.63) is 87.9 Å². The van der Waals surface area contributed by atoms with Crippen LogP contribution in [-0.4, -0.2) is 64.7 Å². The molecule has 12 heteroatoms. The van der Waals surface area contributed by atoms with E-state index in [4.69, 9.17) is 32.7 Å². The summed E-state index contributed by atoms with van der Waals surface area (Å²) in [4.78, 5) is 28.9. The predicted octanol–water partition coefficient (Wildman–Crippen LogP) is 4.55. The van der Waals surface area contributed by atoms with Crippen molar-refractivity contribution in [1.29, 1.82) is 0 Å². The Hall–Kier alpha value is -3.47. The predicted molar refractivity (Wildman–Crippen MR) is 161 cm³/mol. The molecule has 0 heterocycles. The summed E-state index contributed by atoms with van der Waals surface area (Å²) in [6.07, 6.45) is 1.18. The number of hydrogen-bond donors (Lipinski definition) is 1. The van der Waals surface area contributed by atoms with E-state index in [9.17, 15) is 18.0 Å². The smallest absolute Gasteiger partial charge is 0.244 e. The van der Waals surface area contributed by atoms with Crippen LogP contribution < -0.4 is 19.1 Å². The molecule has 0 saturated carbocycles. The van der Waals surface area contributed by atoms with Gasteiger partial charge in [0.1, 0.15) is 24.1 Å². The first-order chi connectivity index (χ1) is 19.5. The molecular weight excluding hydrogens is 589 g/mol. The van der Waals surface area contributed by atoms with Gasteiger partial charge in [0, 0.05) is 35.6 Å². The normalized spacial score (nSPS) is 11.9. The van der Waals surface area contributed by atoms with Crippen LogP contribution in [0.5, 0.6) is 11.5 Å². The van der Waals surface area contributed by atoms with E-state index in [1.807, 2.05) is 30.3 Å². The second-order valence-corrected chi connectivity index (χ2v) is 11.9. The summed E-state index contributed by atoms with van der Waals surface area (Å²) in [6.45, 7) is 1.43. The lowest BCUT2D eigenvalue weighted by Crippen LogP contribution is -2.53. The van der Waals surface area contributed by atoms with Crippen molar-refractivity contribution in [2.75, 3.05) is 37.9 Å². The molecule has 0 bridgehead atoms. The van der Waals surface area contributed by atoms with Crippen LogP contribution in [-0.2, 0) is 32.6 Å². The zero-order valence-electron chi connectivity index (χ0n) is 23.3. The molecule has 0 fully saturated rings. The number of amides is 2. The van der Waals surface area contributed by atoms with Gasteiger partial charge in [-0.25, -0.2) is 8.42 Å². The Morgan fingerprint density at radius 2 is 1.68 bits per heavy atom. The molecule has 0 unspecified atom stereocenters. The van der Waals surface area contributed by atoms with Crippen LogP contribution in [0.25, 0.3) is 0 Å². The van der Waals surface area contributed by atoms with Crippen LogP contribution in [0.3, 0.4) is 0 Å². The van der Waals surface area contributed by atoms with Crippen LogP contribution in [0.15, 0.2) is 66.7 Å². The molecule has 220 valence electrons. The highest BCUT2D eigenvalue weighted by Gasteiger charge is 2.34. The van der Waals surface area contributed by atoms with Gasteiger partial charge in [-0.3, -0.25) is 13.9 Å². The van der Waals surface area contributed by atoms with Crippen molar-refractivity contribution in [2.45, 2.75) is 25.9 Å². The highest BCUT2D eigenvalue weighted by Crippen LogP contribution is 2.34. The highest BCUT2D eigenvalue weighted by molar-refractivity contribution is 7.92. The van der Waals surface area contributed by atoms with Crippen molar-refractivity contribution in [2.24, 2.45) is 0 Å². The molecule has 3 aromatic carbocycles. The van der Waals surface area contributed by atoms with Gasteiger partial charge < -0.3 is 19.7 Å². The molecule has 0 aliphatic heterocycles.